The van der Waals surface area contributed by atoms with Gasteiger partial charge in [-0.1, -0.05) is 6.04 Å². The summed E-state index contributed by atoms with van der Waals surface area (Å²) in [6, 6.07) is -2.69. The Hall–Kier alpha value is -1.29. The second kappa shape index (κ2) is 3.84. The van der Waals surface area contributed by atoms with Crippen molar-refractivity contribution < 1.29 is 17.1 Å². The number of imidazole rings is 1. The highest BCUT2D eigenvalue weighted by atomic mass is 79.9. The second-order valence-corrected chi connectivity index (χ2v) is 2.98. The van der Waals surface area contributed by atoms with E-state index in [-0.39, 0.29) is 10.8 Å². The number of nitrogens with zero attached hydrogens (tertiary/aromatic N) is 2. The van der Waals surface area contributed by atoms with E-state index in [1.165, 1.54) is 0 Å². The molecule has 0 unspecified atom stereocenters. The molecule has 0 saturated heterocycles. The van der Waals surface area contributed by atoms with Crippen molar-refractivity contribution in [1.82, 2.24) is 9.55 Å². The van der Waals surface area contributed by atoms with Gasteiger partial charge >= 0.3 is 0 Å². The molecule has 0 fully saturated rings. The summed E-state index contributed by atoms with van der Waals surface area (Å²) in [5.41, 5.74) is -0.418. The van der Waals surface area contributed by atoms with E-state index in [2.05, 4.69) is 25.7 Å². The summed E-state index contributed by atoms with van der Waals surface area (Å²) in [5.74, 6) is -0.718. The van der Waals surface area contributed by atoms with Gasteiger partial charge in [0.1, 0.15) is 18.0 Å². The number of aromatic nitrogens is 2. The molecule has 2 rings (SSSR count). The zero-order valence-electron chi connectivity index (χ0n) is 15.7. The molecule has 0 atom stereocenters. The molecule has 0 saturated carbocycles. The van der Waals surface area contributed by atoms with Crippen LogP contribution in [-0.2, 0) is 0 Å². The van der Waals surface area contributed by atoms with Crippen molar-refractivity contribution in [2.75, 3.05) is 7.04 Å². The quantitative estimate of drug-likeness (QED) is 0.831. The van der Waals surface area contributed by atoms with E-state index in [0.29, 0.717) is 0 Å². The summed E-state index contributed by atoms with van der Waals surface area (Å²) in [6.07, 6.45) is -0.838. The normalized spacial score (nSPS) is 20.2. The lowest BCUT2D eigenvalue weighted by atomic mass is 10.3. The fraction of sp³-hybridized carbons (Fsp3) is 0.100. The van der Waals surface area contributed by atoms with Gasteiger partial charge in [-0.25, -0.2) is 4.98 Å². The molecule has 72 valence electrons. The summed E-state index contributed by atoms with van der Waals surface area (Å²) < 4.78 is 73.5. The molecule has 3 nitrogen and oxygen atoms in total. The van der Waals surface area contributed by atoms with Crippen LogP contribution in [0.5, 0.6) is 5.75 Å². The maximum absolute atomic E-state index is 8.02. The predicted molar refractivity (Wildman–Crippen MR) is 57.8 cm³/mol. The Morgan fingerprint density at radius 3 is 3.29 bits per heavy atom. The van der Waals surface area contributed by atoms with Crippen LogP contribution in [0.25, 0.3) is 5.69 Å². The molecule has 1 aromatic heterocycles. The summed E-state index contributed by atoms with van der Waals surface area (Å²) in [6.45, 7) is 0. The van der Waals surface area contributed by atoms with Crippen molar-refractivity contribution in [3.8, 4) is 11.4 Å². The minimum atomic E-state index is -2.96. The maximum atomic E-state index is 8.02. The topological polar surface area (TPSA) is 27.1 Å². The van der Waals surface area contributed by atoms with E-state index in [4.69, 9.17) is 12.3 Å². The molecule has 2 aromatic rings. The summed E-state index contributed by atoms with van der Waals surface area (Å²) >= 11 is 2.95. The van der Waals surface area contributed by atoms with Crippen molar-refractivity contribution >= 4 is 15.9 Å². The average Bonchev–Trinajstić information content (AvgIpc) is 2.67. The summed E-state index contributed by atoms with van der Waals surface area (Å²) in [5, 5.41) is 0. The molecule has 0 radical (unpaired) electrons. The fourth-order valence-electron chi connectivity index (χ4n) is 0.822. The number of halogens is 1. The number of rotatable bonds is 2. The summed E-state index contributed by atoms with van der Waals surface area (Å²) in [7, 11) is -2.96. The molecule has 0 aliphatic rings. The highest BCUT2D eigenvalue weighted by molar-refractivity contribution is 9.10. The monoisotopic (exact) mass is 261 g/mol. The van der Waals surface area contributed by atoms with Gasteiger partial charge in [-0.3, -0.25) is 0 Å². The van der Waals surface area contributed by atoms with Crippen LogP contribution in [0.2, 0.25) is 0 Å². The van der Waals surface area contributed by atoms with Crippen LogP contribution < -0.4 is 4.74 Å². The number of ether oxygens (including phenoxy) is 1. The third-order valence-corrected chi connectivity index (χ3v) is 1.72. The fourth-order valence-corrected chi connectivity index (χ4v) is 1.08. The average molecular weight is 262 g/mol. The Balaban J connectivity index is 2.84. The first kappa shape index (κ1) is 3.38. The molecule has 1 heterocycles. The molecule has 0 aliphatic carbocycles. The number of hydrogen-bond acceptors (Lipinski definition) is 2. The van der Waals surface area contributed by atoms with Gasteiger partial charge in [-0.2, -0.15) is 0 Å². The van der Waals surface area contributed by atoms with Gasteiger partial charge in [-0.05, 0) is 28.0 Å². The highest BCUT2D eigenvalue weighted by Gasteiger charge is 1.99. The van der Waals surface area contributed by atoms with E-state index in [0.717, 1.165) is 4.57 Å². The van der Waals surface area contributed by atoms with Gasteiger partial charge in [0.05, 0.1) is 23.7 Å². The molecule has 1 aromatic carbocycles. The third-order valence-electron chi connectivity index (χ3n) is 1.37. The van der Waals surface area contributed by atoms with Crippen LogP contribution in [-0.4, -0.2) is 16.6 Å². The predicted octanol–water partition coefficient (Wildman–Crippen LogP) is 2.64. The zero-order valence-corrected chi connectivity index (χ0v) is 8.27. The molecule has 0 bridgehead atoms. The Bertz CT molecular complexity index is 786. The molecule has 0 spiro atoms. The van der Waals surface area contributed by atoms with Crippen LogP contribution in [0.4, 0.5) is 0 Å². The first-order valence-electron chi connectivity index (χ1n) is 7.97. The summed E-state index contributed by atoms with van der Waals surface area (Å²) in [4.78, 5) is 3.66. The zero-order chi connectivity index (χ0) is 17.7. The smallest absolute Gasteiger partial charge is 0.124 e. The molecule has 0 N–H and O–H groups in total. The highest BCUT2D eigenvalue weighted by Crippen LogP contribution is 2.17. The number of methoxy groups -OCH3 is 1. The Morgan fingerprint density at radius 2 is 2.57 bits per heavy atom. The minimum absolute atomic E-state index is 0.0129. The van der Waals surface area contributed by atoms with E-state index >= 15 is 0 Å². The second-order valence-electron chi connectivity index (χ2n) is 2.23. The Kier molecular flexibility index (Phi) is 0.926. The van der Waals surface area contributed by atoms with Crippen molar-refractivity contribution in [1.29, 1.82) is 0 Å². The molecule has 0 amide bonds. The molecule has 14 heavy (non-hydrogen) atoms. The minimum Gasteiger partial charge on any atom is -0.497 e. The SMILES string of the molecule is [2H]c1c([2H])c(OC([2H])([2H])[2H])c([2H])c(-n2c([2H])nc(Br)c2[2H])c1[2H]. The number of benzene rings is 1. The van der Waals surface area contributed by atoms with Crippen LogP contribution in [0.3, 0.4) is 0 Å². The van der Waals surface area contributed by atoms with Crippen LogP contribution in [0.15, 0.2) is 41.2 Å². The molecule has 4 heteroatoms. The van der Waals surface area contributed by atoms with Crippen LogP contribution in [0, 0.1) is 0 Å². The van der Waals surface area contributed by atoms with Gasteiger partial charge in [0.25, 0.3) is 0 Å². The van der Waals surface area contributed by atoms with Crippen LogP contribution in [0.1, 0.15) is 12.3 Å². The van der Waals surface area contributed by atoms with Gasteiger partial charge < -0.3 is 9.30 Å². The first-order valence-corrected chi connectivity index (χ1v) is 4.26. The van der Waals surface area contributed by atoms with Crippen molar-refractivity contribution in [3.05, 3.63) is 41.2 Å². The van der Waals surface area contributed by atoms with E-state index in [1.54, 1.807) is 0 Å². The van der Waals surface area contributed by atoms with Gasteiger partial charge in [0.15, 0.2) is 0 Å². The van der Waals surface area contributed by atoms with Crippen molar-refractivity contribution in [2.24, 2.45) is 0 Å². The first-order chi connectivity index (χ1) is 10.5. The van der Waals surface area contributed by atoms with Gasteiger partial charge in [0.2, 0.25) is 0 Å². The number of hydrogen-bond donors (Lipinski definition) is 0. The van der Waals surface area contributed by atoms with E-state index in [1.807, 2.05) is 0 Å². The molecular formula is C10H9BrN2O. The largest absolute Gasteiger partial charge is 0.497 e. The molecule has 0 aliphatic heterocycles. The molecular weight excluding hydrogens is 244 g/mol. The van der Waals surface area contributed by atoms with Crippen molar-refractivity contribution in [3.63, 3.8) is 0 Å². The maximum Gasteiger partial charge on any atom is 0.124 e. The lowest BCUT2D eigenvalue weighted by Crippen LogP contribution is -1.90. The van der Waals surface area contributed by atoms with E-state index in [9.17, 15) is 0 Å². The standard InChI is InChI=1S/C10H9BrN2O/c1-14-9-4-2-3-8(5-9)13-6-10(11)12-7-13/h2-7H,1H3/i1D3,2D,3D,4D,5D,6D,7D. The van der Waals surface area contributed by atoms with Gasteiger partial charge in [0, 0.05) is 12.2 Å². The van der Waals surface area contributed by atoms with Gasteiger partial charge in [-0.15, -0.1) is 0 Å². The Morgan fingerprint density at radius 1 is 1.64 bits per heavy atom. The lowest BCUT2D eigenvalue weighted by molar-refractivity contribution is 0.414. The van der Waals surface area contributed by atoms with Crippen LogP contribution >= 0.6 is 15.9 Å². The lowest BCUT2D eigenvalue weighted by Gasteiger charge is -2.04. The van der Waals surface area contributed by atoms with Crippen molar-refractivity contribution in [2.45, 2.75) is 0 Å². The Labute approximate surface area is 103 Å². The van der Waals surface area contributed by atoms with E-state index < -0.39 is 48.9 Å². The third kappa shape index (κ3) is 1.80.